The molecule has 0 bridgehead atoms. The molecule has 0 radical (unpaired) electrons. The molecule has 5 heteroatoms. The highest BCUT2D eigenvalue weighted by Crippen LogP contribution is 2.28. The van der Waals surface area contributed by atoms with Crippen LogP contribution < -0.4 is 0 Å². The van der Waals surface area contributed by atoms with Gasteiger partial charge in [-0.2, -0.15) is 0 Å². The standard InChI is InChI=1S/C10H10O5/c11-6-4-2-1-3-5(4)7(12)9(14)10(15)8(6)13/h1-4,8-10,13-15H. The smallest absolute Gasteiger partial charge is 0.191 e. The van der Waals surface area contributed by atoms with Gasteiger partial charge in [-0.1, -0.05) is 18.2 Å². The molecule has 2 aliphatic carbocycles. The Kier molecular flexibility index (Phi) is 2.30. The third-order valence-corrected chi connectivity index (χ3v) is 2.71. The summed E-state index contributed by atoms with van der Waals surface area (Å²) < 4.78 is 0. The van der Waals surface area contributed by atoms with Crippen molar-refractivity contribution in [3.63, 3.8) is 0 Å². The second kappa shape index (κ2) is 3.37. The van der Waals surface area contributed by atoms with E-state index in [4.69, 9.17) is 0 Å². The Bertz CT molecular complexity index is 381. The van der Waals surface area contributed by atoms with E-state index in [1.54, 1.807) is 0 Å². The number of Topliss-reactive ketones (excluding diaryl/α,β-unsaturated/α-hetero) is 2. The molecule has 0 spiro atoms. The van der Waals surface area contributed by atoms with E-state index in [0.717, 1.165) is 0 Å². The van der Waals surface area contributed by atoms with E-state index in [2.05, 4.69) is 0 Å². The lowest BCUT2D eigenvalue weighted by atomic mass is 9.95. The molecule has 5 nitrogen and oxygen atoms in total. The number of aliphatic hydroxyl groups is 3. The molecule has 4 atom stereocenters. The Morgan fingerprint density at radius 2 is 1.73 bits per heavy atom. The van der Waals surface area contributed by atoms with Crippen LogP contribution in [0.25, 0.3) is 0 Å². The molecule has 4 unspecified atom stereocenters. The quantitative estimate of drug-likeness (QED) is 0.444. The van der Waals surface area contributed by atoms with Crippen LogP contribution in [0.3, 0.4) is 0 Å². The first-order chi connectivity index (χ1) is 7.04. The zero-order chi connectivity index (χ0) is 11.2. The second-order valence-electron chi connectivity index (χ2n) is 3.63. The Morgan fingerprint density at radius 1 is 1.07 bits per heavy atom. The van der Waals surface area contributed by atoms with Crippen molar-refractivity contribution in [3.8, 4) is 0 Å². The van der Waals surface area contributed by atoms with E-state index in [9.17, 15) is 24.9 Å². The summed E-state index contributed by atoms with van der Waals surface area (Å²) in [6.45, 7) is 0. The third-order valence-electron chi connectivity index (χ3n) is 2.71. The molecular weight excluding hydrogens is 200 g/mol. The predicted molar refractivity (Wildman–Crippen MR) is 48.7 cm³/mol. The molecule has 0 aliphatic heterocycles. The number of hydrogen-bond donors (Lipinski definition) is 3. The second-order valence-corrected chi connectivity index (χ2v) is 3.63. The van der Waals surface area contributed by atoms with E-state index >= 15 is 0 Å². The van der Waals surface area contributed by atoms with Crippen LogP contribution in [0.5, 0.6) is 0 Å². The number of carbonyl (C=O) groups excluding carboxylic acids is 2. The molecule has 2 aliphatic rings. The summed E-state index contributed by atoms with van der Waals surface area (Å²) in [5, 5.41) is 28.1. The number of aliphatic hydroxyl groups excluding tert-OH is 3. The van der Waals surface area contributed by atoms with E-state index in [1.807, 2.05) is 0 Å². The van der Waals surface area contributed by atoms with Crippen molar-refractivity contribution < 1.29 is 24.9 Å². The average Bonchev–Trinajstić information content (AvgIpc) is 2.70. The third kappa shape index (κ3) is 1.36. The van der Waals surface area contributed by atoms with Gasteiger partial charge in [0, 0.05) is 5.57 Å². The molecule has 1 saturated carbocycles. The van der Waals surface area contributed by atoms with E-state index in [1.165, 1.54) is 18.2 Å². The van der Waals surface area contributed by atoms with Crippen LogP contribution in [0.2, 0.25) is 0 Å². The van der Waals surface area contributed by atoms with Crippen LogP contribution in [0.15, 0.2) is 23.8 Å². The summed E-state index contributed by atoms with van der Waals surface area (Å²) >= 11 is 0. The lowest BCUT2D eigenvalue weighted by molar-refractivity contribution is -0.141. The molecule has 2 rings (SSSR count). The van der Waals surface area contributed by atoms with E-state index in [-0.39, 0.29) is 5.57 Å². The van der Waals surface area contributed by atoms with Crippen molar-refractivity contribution in [1.29, 1.82) is 0 Å². The molecule has 80 valence electrons. The van der Waals surface area contributed by atoms with Crippen molar-refractivity contribution in [3.05, 3.63) is 23.8 Å². The normalized spacial score (nSPS) is 40.1. The Morgan fingerprint density at radius 3 is 2.40 bits per heavy atom. The molecule has 0 amide bonds. The Labute approximate surface area is 85.3 Å². The minimum absolute atomic E-state index is 0.128. The summed E-state index contributed by atoms with van der Waals surface area (Å²) in [7, 11) is 0. The molecule has 15 heavy (non-hydrogen) atoms. The number of carbonyl (C=O) groups is 2. The lowest BCUT2D eigenvalue weighted by Gasteiger charge is -2.16. The topological polar surface area (TPSA) is 94.8 Å². The van der Waals surface area contributed by atoms with Crippen LogP contribution in [0.4, 0.5) is 0 Å². The first-order valence-corrected chi connectivity index (χ1v) is 4.54. The molecule has 0 aromatic carbocycles. The van der Waals surface area contributed by atoms with Gasteiger partial charge in [0.2, 0.25) is 0 Å². The van der Waals surface area contributed by atoms with Gasteiger partial charge < -0.3 is 15.3 Å². The highest BCUT2D eigenvalue weighted by atomic mass is 16.4. The van der Waals surface area contributed by atoms with Crippen molar-refractivity contribution in [2.75, 3.05) is 0 Å². The number of rotatable bonds is 0. The summed E-state index contributed by atoms with van der Waals surface area (Å²) in [4.78, 5) is 23.1. The fourth-order valence-corrected chi connectivity index (χ4v) is 1.81. The summed E-state index contributed by atoms with van der Waals surface area (Å²) in [5.74, 6) is -2.20. The van der Waals surface area contributed by atoms with Crippen LogP contribution >= 0.6 is 0 Å². The number of hydrogen-bond acceptors (Lipinski definition) is 5. The van der Waals surface area contributed by atoms with E-state index in [0.29, 0.717) is 0 Å². The van der Waals surface area contributed by atoms with Crippen LogP contribution in [-0.2, 0) is 9.59 Å². The maximum absolute atomic E-state index is 11.6. The van der Waals surface area contributed by atoms with Gasteiger partial charge in [0.25, 0.3) is 0 Å². The van der Waals surface area contributed by atoms with Gasteiger partial charge in [0.15, 0.2) is 11.6 Å². The van der Waals surface area contributed by atoms with Gasteiger partial charge in [-0.15, -0.1) is 0 Å². The van der Waals surface area contributed by atoms with Crippen molar-refractivity contribution in [1.82, 2.24) is 0 Å². The summed E-state index contributed by atoms with van der Waals surface area (Å²) in [5.41, 5.74) is 0.128. The van der Waals surface area contributed by atoms with Gasteiger partial charge in [-0.05, 0) is 0 Å². The maximum atomic E-state index is 11.6. The maximum Gasteiger partial charge on any atom is 0.191 e. The van der Waals surface area contributed by atoms with Gasteiger partial charge in [0.1, 0.15) is 18.3 Å². The molecule has 0 aromatic heterocycles. The minimum Gasteiger partial charge on any atom is -0.387 e. The molecular formula is C10H10O5. The summed E-state index contributed by atoms with van der Waals surface area (Å²) in [6.07, 6.45) is -0.803. The fourth-order valence-electron chi connectivity index (χ4n) is 1.81. The summed E-state index contributed by atoms with van der Waals surface area (Å²) in [6, 6.07) is 0. The Balaban J connectivity index is 2.45. The first-order valence-electron chi connectivity index (χ1n) is 4.54. The first kappa shape index (κ1) is 10.2. The molecule has 0 heterocycles. The van der Waals surface area contributed by atoms with Gasteiger partial charge >= 0.3 is 0 Å². The van der Waals surface area contributed by atoms with E-state index < -0.39 is 35.8 Å². The molecule has 3 N–H and O–H groups in total. The molecule has 1 fully saturated rings. The fraction of sp³-hybridized carbons (Fsp3) is 0.400. The highest BCUT2D eigenvalue weighted by molar-refractivity contribution is 6.09. The highest BCUT2D eigenvalue weighted by Gasteiger charge is 2.45. The van der Waals surface area contributed by atoms with Crippen LogP contribution in [0.1, 0.15) is 0 Å². The zero-order valence-electron chi connectivity index (χ0n) is 7.70. The van der Waals surface area contributed by atoms with Crippen molar-refractivity contribution in [2.45, 2.75) is 18.3 Å². The van der Waals surface area contributed by atoms with Crippen LogP contribution in [-0.4, -0.2) is 45.2 Å². The number of allylic oxidation sites excluding steroid dienone is 3. The van der Waals surface area contributed by atoms with Gasteiger partial charge in [-0.3, -0.25) is 9.59 Å². The number of ketones is 2. The minimum atomic E-state index is -1.75. The average molecular weight is 210 g/mol. The van der Waals surface area contributed by atoms with Crippen molar-refractivity contribution in [2.24, 2.45) is 5.92 Å². The number of fused-ring (bicyclic) bond motifs is 1. The monoisotopic (exact) mass is 210 g/mol. The Hall–Kier alpha value is -1.30. The van der Waals surface area contributed by atoms with Gasteiger partial charge in [-0.25, -0.2) is 0 Å². The lowest BCUT2D eigenvalue weighted by Crippen LogP contribution is -2.43. The van der Waals surface area contributed by atoms with Crippen molar-refractivity contribution >= 4 is 11.6 Å². The molecule has 0 saturated heterocycles. The SMILES string of the molecule is O=C1C2=CC=CC2C(=O)C(O)C(O)C1O. The van der Waals surface area contributed by atoms with Gasteiger partial charge in [0.05, 0.1) is 5.92 Å². The largest absolute Gasteiger partial charge is 0.387 e. The zero-order valence-corrected chi connectivity index (χ0v) is 7.70. The predicted octanol–water partition coefficient (Wildman–Crippen LogP) is -1.67. The molecule has 0 aromatic rings. The van der Waals surface area contributed by atoms with Crippen LogP contribution in [0, 0.1) is 5.92 Å².